The van der Waals surface area contributed by atoms with Crippen molar-refractivity contribution >= 4 is 0 Å². The first-order valence-electron chi connectivity index (χ1n) is 16.7. The molecule has 1 fully saturated rings. The van der Waals surface area contributed by atoms with Crippen LogP contribution >= 0.6 is 0 Å². The van der Waals surface area contributed by atoms with Crippen molar-refractivity contribution in [2.75, 3.05) is 54.9 Å². The third-order valence-electron chi connectivity index (χ3n) is 10.7. The van der Waals surface area contributed by atoms with Crippen molar-refractivity contribution < 1.29 is 64.5 Å². The van der Waals surface area contributed by atoms with Crippen molar-refractivity contribution in [3.8, 4) is 57.1 Å². The second kappa shape index (κ2) is 14.6. The maximum Gasteiger partial charge on any atom is 0.165 e. The fraction of sp³-hybridized carbons (Fsp3) is 0.385. The third-order valence-corrected chi connectivity index (χ3v) is 10.7. The van der Waals surface area contributed by atoms with E-state index in [2.05, 4.69) is 0 Å². The number of hydrogen-bond donors (Lipinski definition) is 8. The van der Waals surface area contributed by atoms with E-state index in [0.29, 0.717) is 28.7 Å². The Hall–Kier alpha value is -4.92. The van der Waals surface area contributed by atoms with E-state index in [1.807, 2.05) is 0 Å². The zero-order chi connectivity index (χ0) is 37.5. The van der Waals surface area contributed by atoms with Crippen LogP contribution in [0.2, 0.25) is 0 Å². The smallest absolute Gasteiger partial charge is 0.165 e. The van der Waals surface area contributed by atoms with Crippen LogP contribution in [0.15, 0.2) is 54.6 Å². The van der Waals surface area contributed by atoms with Crippen molar-refractivity contribution in [1.29, 1.82) is 0 Å². The summed E-state index contributed by atoms with van der Waals surface area (Å²) in [6, 6.07) is 14.0. The fourth-order valence-electron chi connectivity index (χ4n) is 7.91. The number of methoxy groups -OCH3 is 4. The van der Waals surface area contributed by atoms with Crippen LogP contribution in [-0.2, 0) is 16.8 Å². The third kappa shape index (κ3) is 6.07. The molecule has 8 N–H and O–H groups in total. The van der Waals surface area contributed by atoms with Crippen molar-refractivity contribution in [3.05, 3.63) is 82.4 Å². The number of aliphatic hydroxyl groups is 4. The summed E-state index contributed by atoms with van der Waals surface area (Å²) in [6.45, 7) is -1.25. The van der Waals surface area contributed by atoms with Gasteiger partial charge in [-0.1, -0.05) is 6.07 Å². The van der Waals surface area contributed by atoms with Gasteiger partial charge in [0, 0.05) is 36.2 Å². The number of phenolic OH excluding ortho intramolecular Hbond substituents is 4. The molecule has 0 saturated carbocycles. The summed E-state index contributed by atoms with van der Waals surface area (Å²) in [6.07, 6.45) is -0.509. The molecule has 278 valence electrons. The first-order chi connectivity index (χ1) is 25.0. The van der Waals surface area contributed by atoms with Gasteiger partial charge in [-0.15, -0.1) is 0 Å². The molecule has 0 radical (unpaired) electrons. The van der Waals surface area contributed by atoms with Crippen LogP contribution in [0.5, 0.6) is 46.0 Å². The second-order valence-corrected chi connectivity index (χ2v) is 13.3. The van der Waals surface area contributed by atoms with Gasteiger partial charge in [-0.05, 0) is 94.6 Å². The number of hydrogen-bond acceptors (Lipinski definition) is 13. The number of ether oxygens (including phenoxy) is 5. The van der Waals surface area contributed by atoms with Gasteiger partial charge in [0.05, 0.1) is 47.8 Å². The molecule has 0 spiro atoms. The molecule has 0 unspecified atom stereocenters. The van der Waals surface area contributed by atoms with Crippen molar-refractivity contribution in [2.45, 2.75) is 24.0 Å². The Morgan fingerprint density at radius 1 is 0.673 bits per heavy atom. The summed E-state index contributed by atoms with van der Waals surface area (Å²) < 4.78 is 27.9. The Kier molecular flexibility index (Phi) is 10.4. The Labute approximate surface area is 300 Å². The van der Waals surface area contributed by atoms with E-state index in [1.54, 1.807) is 30.3 Å². The van der Waals surface area contributed by atoms with Crippen LogP contribution < -0.4 is 18.9 Å². The number of phenols is 4. The molecule has 1 aliphatic carbocycles. The van der Waals surface area contributed by atoms with Crippen molar-refractivity contribution in [2.24, 2.45) is 17.8 Å². The van der Waals surface area contributed by atoms with E-state index in [1.165, 1.54) is 52.7 Å². The van der Waals surface area contributed by atoms with Gasteiger partial charge in [-0.3, -0.25) is 0 Å². The minimum Gasteiger partial charge on any atom is -0.504 e. The number of aromatic hydroxyl groups is 4. The van der Waals surface area contributed by atoms with Gasteiger partial charge < -0.3 is 64.5 Å². The maximum absolute atomic E-state index is 11.9. The zero-order valence-corrected chi connectivity index (χ0v) is 29.2. The predicted molar refractivity (Wildman–Crippen MR) is 187 cm³/mol. The lowest BCUT2D eigenvalue weighted by molar-refractivity contribution is -0.0205. The molecule has 13 nitrogen and oxygen atoms in total. The van der Waals surface area contributed by atoms with Gasteiger partial charge in [0.15, 0.2) is 46.0 Å². The normalized spacial score (nSPS) is 24.0. The summed E-state index contributed by atoms with van der Waals surface area (Å²) in [5.74, 6) is -2.79. The topological polar surface area (TPSA) is 208 Å². The lowest BCUT2D eigenvalue weighted by Gasteiger charge is -2.39. The first-order valence-corrected chi connectivity index (χ1v) is 16.7. The van der Waals surface area contributed by atoms with Crippen LogP contribution in [0.25, 0.3) is 11.1 Å². The van der Waals surface area contributed by atoms with Crippen LogP contribution in [0.4, 0.5) is 0 Å². The average Bonchev–Trinajstić information content (AvgIpc) is 3.51. The summed E-state index contributed by atoms with van der Waals surface area (Å²) >= 11 is 0. The zero-order valence-electron chi connectivity index (χ0n) is 29.2. The van der Waals surface area contributed by atoms with Gasteiger partial charge in [0.2, 0.25) is 0 Å². The Morgan fingerprint density at radius 3 is 1.85 bits per heavy atom. The minimum atomic E-state index is -1.71. The van der Waals surface area contributed by atoms with Gasteiger partial charge in [0.1, 0.15) is 5.60 Å². The minimum absolute atomic E-state index is 0.0203. The molecule has 1 aliphatic heterocycles. The molecule has 6 atom stereocenters. The van der Waals surface area contributed by atoms with E-state index in [9.17, 15) is 40.9 Å². The van der Waals surface area contributed by atoms with E-state index >= 15 is 0 Å². The number of rotatable bonds is 11. The highest BCUT2D eigenvalue weighted by atomic mass is 16.5. The van der Waals surface area contributed by atoms with E-state index < -0.39 is 36.1 Å². The highest BCUT2D eigenvalue weighted by Gasteiger charge is 2.50. The summed E-state index contributed by atoms with van der Waals surface area (Å²) in [4.78, 5) is 0. The van der Waals surface area contributed by atoms with Crippen LogP contribution in [0.3, 0.4) is 0 Å². The first kappa shape index (κ1) is 36.9. The molecule has 0 amide bonds. The molecule has 4 aromatic carbocycles. The molecule has 1 saturated heterocycles. The number of benzene rings is 4. The second-order valence-electron chi connectivity index (χ2n) is 13.3. The number of fused-ring (bicyclic) bond motifs is 1. The Morgan fingerprint density at radius 2 is 1.27 bits per heavy atom. The van der Waals surface area contributed by atoms with Gasteiger partial charge >= 0.3 is 0 Å². The Bertz CT molecular complexity index is 1940. The summed E-state index contributed by atoms with van der Waals surface area (Å²) in [5.41, 5.74) is 1.33. The van der Waals surface area contributed by atoms with Crippen LogP contribution in [0, 0.1) is 17.8 Å². The molecule has 2 aliphatic rings. The Balaban J connectivity index is 1.51. The summed E-state index contributed by atoms with van der Waals surface area (Å²) in [7, 11) is 5.56. The van der Waals surface area contributed by atoms with Crippen LogP contribution in [-0.4, -0.2) is 95.7 Å². The van der Waals surface area contributed by atoms with E-state index in [4.69, 9.17) is 23.7 Å². The molecular weight excluding hydrogens is 676 g/mol. The number of aliphatic hydroxyl groups excluding tert-OH is 3. The highest BCUT2D eigenvalue weighted by molar-refractivity contribution is 5.81. The van der Waals surface area contributed by atoms with Gasteiger partial charge in [-0.25, -0.2) is 0 Å². The largest absolute Gasteiger partial charge is 0.504 e. The molecular formula is C39H44O13. The lowest BCUT2D eigenvalue weighted by Crippen LogP contribution is -2.37. The predicted octanol–water partition coefficient (Wildman–Crippen LogP) is 3.68. The highest BCUT2D eigenvalue weighted by Crippen LogP contribution is 2.54. The van der Waals surface area contributed by atoms with Crippen molar-refractivity contribution in [1.82, 2.24) is 0 Å². The quantitative estimate of drug-likeness (QED) is 0.111. The summed E-state index contributed by atoms with van der Waals surface area (Å²) in [5, 5.41) is 87.7. The lowest BCUT2D eigenvalue weighted by atomic mass is 9.66. The molecule has 13 heteroatoms. The molecule has 0 aromatic heterocycles. The molecule has 52 heavy (non-hydrogen) atoms. The molecule has 6 rings (SSSR count). The van der Waals surface area contributed by atoms with E-state index in [-0.39, 0.29) is 82.9 Å². The van der Waals surface area contributed by atoms with Crippen LogP contribution in [0.1, 0.15) is 39.8 Å². The average molecular weight is 721 g/mol. The van der Waals surface area contributed by atoms with E-state index in [0.717, 1.165) is 5.56 Å². The van der Waals surface area contributed by atoms with Gasteiger partial charge in [0.25, 0.3) is 0 Å². The SMILES string of the molecule is COc1cc([C@@]2(O)CO[C@H](c3cc(OC)c(O)c(-c4cc([C@H]5c6cc(O)c(OC)cc6C[C@@H](CO)[C@@H]5CO)cc(OC)c4O)c3)[C@H]2CO)ccc1O. The molecule has 4 aromatic rings. The standard InChI is InChI=1S/C39H44O13/c1-48-31-10-19-7-22(15-40)27(16-41)35(24(19)14-30(31)44)20-8-25(36(45)33(11-20)50-3)26-9-21(12-34(51-4)37(26)46)38-28(17-42)39(47,18-52-38)23-5-6-29(43)32(13-23)49-2/h5-6,8-14,22,27-28,35,38,40-47H,7,15-18H2,1-4H3/t22-,27-,28+,35-,38+,39-/m0/s1. The molecule has 1 heterocycles. The monoisotopic (exact) mass is 720 g/mol. The van der Waals surface area contributed by atoms with Crippen molar-refractivity contribution in [3.63, 3.8) is 0 Å². The molecule has 0 bridgehead atoms. The fourth-order valence-corrected chi connectivity index (χ4v) is 7.91. The van der Waals surface area contributed by atoms with Gasteiger partial charge in [-0.2, -0.15) is 0 Å². The maximum atomic E-state index is 11.9.